The fourth-order valence-electron chi connectivity index (χ4n) is 1.90. The van der Waals surface area contributed by atoms with Gasteiger partial charge in [-0.25, -0.2) is 4.79 Å². The van der Waals surface area contributed by atoms with Crippen molar-refractivity contribution < 1.29 is 14.3 Å². The highest BCUT2D eigenvalue weighted by Crippen LogP contribution is 2.27. The fourth-order valence-corrected chi connectivity index (χ4v) is 2.88. The molecule has 0 fully saturated rings. The van der Waals surface area contributed by atoms with Crippen molar-refractivity contribution in [2.45, 2.75) is 39.3 Å². The summed E-state index contributed by atoms with van der Waals surface area (Å²) in [6, 6.07) is 1.86. The number of rotatable bonds is 1. The quantitative estimate of drug-likeness (QED) is 0.735. The zero-order valence-corrected chi connectivity index (χ0v) is 11.7. The van der Waals surface area contributed by atoms with E-state index >= 15 is 0 Å². The second-order valence-corrected chi connectivity index (χ2v) is 6.54. The Bertz CT molecular complexity index is 473. The van der Waals surface area contributed by atoms with Gasteiger partial charge in [-0.15, -0.1) is 11.3 Å². The molecule has 0 spiro atoms. The topological polar surface area (TPSA) is 46.6 Å². The monoisotopic (exact) mass is 267 g/mol. The van der Waals surface area contributed by atoms with Crippen LogP contribution < -0.4 is 0 Å². The number of carbonyl (C=O) groups is 2. The molecule has 2 rings (SSSR count). The molecule has 2 heterocycles. The van der Waals surface area contributed by atoms with Crippen LogP contribution in [0, 0.1) is 0 Å². The van der Waals surface area contributed by atoms with Gasteiger partial charge < -0.3 is 9.64 Å². The van der Waals surface area contributed by atoms with E-state index in [1.165, 1.54) is 16.2 Å². The number of nitrogens with zero attached hydrogens (tertiary/aromatic N) is 1. The molecule has 1 aliphatic rings. The third-order valence-electron chi connectivity index (χ3n) is 2.65. The first-order valence-electron chi connectivity index (χ1n) is 5.94. The van der Waals surface area contributed by atoms with Gasteiger partial charge in [0.2, 0.25) is 0 Å². The van der Waals surface area contributed by atoms with Crippen LogP contribution in [0.3, 0.4) is 0 Å². The summed E-state index contributed by atoms with van der Waals surface area (Å²) in [6.07, 6.45) is 1.38. The third-order valence-corrected chi connectivity index (χ3v) is 3.82. The maximum absolute atomic E-state index is 11.9. The standard InChI is InChI=1S/C13H17NO3S/c1-13(2,3)17-12(16)14-5-4-11-9(7-14)6-10(8-15)18-11/h6,8H,4-5,7H2,1-3H3. The van der Waals surface area contributed by atoms with Crippen LogP contribution in [-0.4, -0.2) is 29.4 Å². The predicted molar refractivity (Wildman–Crippen MR) is 70.1 cm³/mol. The van der Waals surface area contributed by atoms with Crippen molar-refractivity contribution in [2.75, 3.05) is 6.54 Å². The molecule has 1 amide bonds. The van der Waals surface area contributed by atoms with Crippen molar-refractivity contribution in [2.24, 2.45) is 0 Å². The van der Waals surface area contributed by atoms with Gasteiger partial charge in [0, 0.05) is 11.4 Å². The van der Waals surface area contributed by atoms with E-state index in [0.717, 1.165) is 23.1 Å². The van der Waals surface area contributed by atoms with Crippen LogP contribution in [0.1, 0.15) is 40.9 Å². The Labute approximate surface area is 111 Å². The van der Waals surface area contributed by atoms with Crippen molar-refractivity contribution in [3.05, 3.63) is 21.4 Å². The van der Waals surface area contributed by atoms with Crippen molar-refractivity contribution >= 4 is 23.7 Å². The van der Waals surface area contributed by atoms with Crippen LogP contribution in [0.25, 0.3) is 0 Å². The third kappa shape index (κ3) is 2.90. The minimum absolute atomic E-state index is 0.285. The number of carbonyl (C=O) groups excluding carboxylic acids is 2. The number of amides is 1. The van der Waals surface area contributed by atoms with Crippen LogP contribution in [0.5, 0.6) is 0 Å². The second-order valence-electron chi connectivity index (χ2n) is 5.37. The number of hydrogen-bond donors (Lipinski definition) is 0. The molecule has 0 aromatic carbocycles. The minimum atomic E-state index is -0.472. The molecule has 1 aromatic rings. The van der Waals surface area contributed by atoms with Crippen LogP contribution in [-0.2, 0) is 17.7 Å². The highest BCUT2D eigenvalue weighted by Gasteiger charge is 2.26. The summed E-state index contributed by atoms with van der Waals surface area (Å²) in [5.74, 6) is 0. The molecule has 0 N–H and O–H groups in total. The molecule has 0 unspecified atom stereocenters. The zero-order chi connectivity index (χ0) is 13.3. The van der Waals surface area contributed by atoms with Crippen molar-refractivity contribution in [3.63, 3.8) is 0 Å². The Kier molecular flexibility index (Phi) is 3.43. The van der Waals surface area contributed by atoms with Gasteiger partial charge in [-0.2, -0.15) is 0 Å². The summed E-state index contributed by atoms with van der Waals surface area (Å²) in [7, 11) is 0. The summed E-state index contributed by atoms with van der Waals surface area (Å²) in [5.41, 5.74) is 0.596. The fraction of sp³-hybridized carbons (Fsp3) is 0.538. The molecule has 0 bridgehead atoms. The Morgan fingerprint density at radius 1 is 1.50 bits per heavy atom. The highest BCUT2D eigenvalue weighted by molar-refractivity contribution is 7.13. The Morgan fingerprint density at radius 2 is 2.22 bits per heavy atom. The Hall–Kier alpha value is -1.36. The molecule has 1 aromatic heterocycles. The number of hydrogen-bond acceptors (Lipinski definition) is 4. The largest absolute Gasteiger partial charge is 0.444 e. The molecule has 5 heteroatoms. The first-order valence-corrected chi connectivity index (χ1v) is 6.75. The van der Waals surface area contributed by atoms with E-state index in [0.29, 0.717) is 13.1 Å². The molecule has 18 heavy (non-hydrogen) atoms. The van der Waals surface area contributed by atoms with E-state index in [1.807, 2.05) is 26.8 Å². The smallest absolute Gasteiger partial charge is 0.410 e. The number of thiophene rings is 1. The van der Waals surface area contributed by atoms with Gasteiger partial charge in [-0.1, -0.05) is 0 Å². The normalized spacial score (nSPS) is 15.2. The lowest BCUT2D eigenvalue weighted by atomic mass is 10.1. The second kappa shape index (κ2) is 4.72. The first kappa shape index (κ1) is 13.1. The van der Waals surface area contributed by atoms with Gasteiger partial charge in [0.05, 0.1) is 11.4 Å². The molecule has 1 aliphatic heterocycles. The lowest BCUT2D eigenvalue weighted by Crippen LogP contribution is -2.39. The van der Waals surface area contributed by atoms with Gasteiger partial charge in [0.1, 0.15) is 5.60 Å². The maximum Gasteiger partial charge on any atom is 0.410 e. The Morgan fingerprint density at radius 3 is 2.83 bits per heavy atom. The van der Waals surface area contributed by atoms with E-state index in [9.17, 15) is 9.59 Å². The maximum atomic E-state index is 11.9. The van der Waals surface area contributed by atoms with Crippen molar-refractivity contribution in [1.29, 1.82) is 0 Å². The summed E-state index contributed by atoms with van der Waals surface area (Å²) < 4.78 is 5.35. The molecule has 0 radical (unpaired) electrons. The van der Waals surface area contributed by atoms with Crippen molar-refractivity contribution in [3.8, 4) is 0 Å². The SMILES string of the molecule is CC(C)(C)OC(=O)N1CCc2sc(C=O)cc2C1. The first-order chi connectivity index (χ1) is 8.39. The van der Waals surface area contributed by atoms with Gasteiger partial charge in [-0.05, 0) is 38.8 Å². The van der Waals surface area contributed by atoms with Crippen LogP contribution in [0.2, 0.25) is 0 Å². The van der Waals surface area contributed by atoms with E-state index < -0.39 is 5.60 Å². The van der Waals surface area contributed by atoms with Crippen LogP contribution in [0.4, 0.5) is 4.79 Å². The van der Waals surface area contributed by atoms with Gasteiger partial charge in [0.25, 0.3) is 0 Å². The predicted octanol–water partition coefficient (Wildman–Crippen LogP) is 2.85. The van der Waals surface area contributed by atoms with E-state index in [2.05, 4.69) is 0 Å². The van der Waals surface area contributed by atoms with Crippen LogP contribution in [0.15, 0.2) is 6.07 Å². The number of fused-ring (bicyclic) bond motifs is 1. The molecule has 0 aliphatic carbocycles. The van der Waals surface area contributed by atoms with Gasteiger partial charge in [-0.3, -0.25) is 4.79 Å². The average Bonchev–Trinajstić information content (AvgIpc) is 2.68. The highest BCUT2D eigenvalue weighted by atomic mass is 32.1. The molecule has 0 saturated carbocycles. The zero-order valence-electron chi connectivity index (χ0n) is 10.9. The van der Waals surface area contributed by atoms with Crippen LogP contribution >= 0.6 is 11.3 Å². The number of aldehydes is 1. The summed E-state index contributed by atoms with van der Waals surface area (Å²) >= 11 is 1.52. The molecule has 0 saturated heterocycles. The Balaban J connectivity index is 2.07. The van der Waals surface area contributed by atoms with E-state index in [-0.39, 0.29) is 6.09 Å². The summed E-state index contributed by atoms with van der Waals surface area (Å²) in [4.78, 5) is 26.3. The number of ether oxygens (including phenoxy) is 1. The summed E-state index contributed by atoms with van der Waals surface area (Å²) in [5, 5.41) is 0. The summed E-state index contributed by atoms with van der Waals surface area (Å²) in [6.45, 7) is 6.76. The van der Waals surface area contributed by atoms with Gasteiger partial charge >= 0.3 is 6.09 Å². The average molecular weight is 267 g/mol. The molecular formula is C13H17NO3S. The molecule has 98 valence electrons. The van der Waals surface area contributed by atoms with E-state index in [1.54, 1.807) is 4.90 Å². The molecule has 4 nitrogen and oxygen atoms in total. The lowest BCUT2D eigenvalue weighted by molar-refractivity contribution is 0.0225. The lowest BCUT2D eigenvalue weighted by Gasteiger charge is -2.29. The molecular weight excluding hydrogens is 250 g/mol. The molecule has 0 atom stereocenters. The van der Waals surface area contributed by atoms with Crippen molar-refractivity contribution in [1.82, 2.24) is 4.90 Å². The van der Waals surface area contributed by atoms with E-state index in [4.69, 9.17) is 4.74 Å². The van der Waals surface area contributed by atoms with Gasteiger partial charge in [0.15, 0.2) is 6.29 Å². The minimum Gasteiger partial charge on any atom is -0.444 e.